The highest BCUT2D eigenvalue weighted by molar-refractivity contribution is 5.85. The molecule has 2 atom stereocenters. The molecule has 1 aromatic carbocycles. The van der Waals surface area contributed by atoms with Crippen molar-refractivity contribution in [2.75, 3.05) is 7.11 Å². The number of ether oxygens (including phenoxy) is 1. The highest BCUT2D eigenvalue weighted by Crippen LogP contribution is 2.30. The molecule has 21 heavy (non-hydrogen) atoms. The van der Waals surface area contributed by atoms with Crippen LogP contribution in [0.15, 0.2) is 24.3 Å². The molecular formula is C16H25ClN2O2. The van der Waals surface area contributed by atoms with Crippen LogP contribution in [0.25, 0.3) is 0 Å². The van der Waals surface area contributed by atoms with Crippen LogP contribution in [0.5, 0.6) is 5.75 Å². The maximum absolute atomic E-state index is 12.5. The first-order valence-electron chi connectivity index (χ1n) is 7.22. The number of halogens is 1. The molecule has 1 saturated carbocycles. The highest BCUT2D eigenvalue weighted by atomic mass is 35.5. The van der Waals surface area contributed by atoms with Crippen LogP contribution >= 0.6 is 12.4 Å². The Labute approximate surface area is 133 Å². The third kappa shape index (κ3) is 4.61. The monoisotopic (exact) mass is 312 g/mol. The largest absolute Gasteiger partial charge is 0.497 e. The van der Waals surface area contributed by atoms with Gasteiger partial charge in [-0.2, -0.15) is 0 Å². The van der Waals surface area contributed by atoms with Gasteiger partial charge in [0, 0.05) is 18.6 Å². The number of benzene rings is 1. The van der Waals surface area contributed by atoms with Crippen LogP contribution in [-0.4, -0.2) is 30.0 Å². The van der Waals surface area contributed by atoms with E-state index in [0.29, 0.717) is 12.6 Å². The SMILES string of the molecule is COc1ccc(CN(C(=O)C(C)C(C)N)C2CC2)cc1.Cl. The average molecular weight is 313 g/mol. The van der Waals surface area contributed by atoms with Crippen molar-refractivity contribution in [3.63, 3.8) is 0 Å². The summed E-state index contributed by atoms with van der Waals surface area (Å²) in [4.78, 5) is 14.5. The van der Waals surface area contributed by atoms with Crippen molar-refractivity contribution in [3.05, 3.63) is 29.8 Å². The molecule has 1 aromatic rings. The summed E-state index contributed by atoms with van der Waals surface area (Å²) in [7, 11) is 1.65. The highest BCUT2D eigenvalue weighted by Gasteiger charge is 2.35. The first-order chi connectivity index (χ1) is 9.52. The maximum atomic E-state index is 12.5. The van der Waals surface area contributed by atoms with Gasteiger partial charge < -0.3 is 15.4 Å². The van der Waals surface area contributed by atoms with Crippen molar-refractivity contribution in [3.8, 4) is 5.75 Å². The van der Waals surface area contributed by atoms with Gasteiger partial charge in [0.2, 0.25) is 5.91 Å². The molecule has 1 aliphatic carbocycles. The lowest BCUT2D eigenvalue weighted by Gasteiger charge is -2.27. The molecule has 4 nitrogen and oxygen atoms in total. The van der Waals surface area contributed by atoms with E-state index in [1.54, 1.807) is 7.11 Å². The third-order valence-electron chi connectivity index (χ3n) is 3.96. The van der Waals surface area contributed by atoms with E-state index in [0.717, 1.165) is 24.2 Å². The fourth-order valence-electron chi connectivity index (χ4n) is 2.19. The number of hydrogen-bond acceptors (Lipinski definition) is 3. The molecule has 118 valence electrons. The van der Waals surface area contributed by atoms with Crippen LogP contribution in [0.3, 0.4) is 0 Å². The summed E-state index contributed by atoms with van der Waals surface area (Å²) in [5, 5.41) is 0. The predicted molar refractivity (Wildman–Crippen MR) is 86.6 cm³/mol. The smallest absolute Gasteiger partial charge is 0.227 e. The Morgan fingerprint density at radius 2 is 1.90 bits per heavy atom. The molecule has 1 aliphatic rings. The Kier molecular flexibility index (Phi) is 6.49. The van der Waals surface area contributed by atoms with Gasteiger partial charge in [0.25, 0.3) is 0 Å². The van der Waals surface area contributed by atoms with E-state index in [1.807, 2.05) is 43.0 Å². The Bertz CT molecular complexity index is 458. The molecule has 2 unspecified atom stereocenters. The topological polar surface area (TPSA) is 55.6 Å². The molecule has 0 aliphatic heterocycles. The van der Waals surface area contributed by atoms with E-state index in [9.17, 15) is 4.79 Å². The van der Waals surface area contributed by atoms with Crippen LogP contribution in [-0.2, 0) is 11.3 Å². The second kappa shape index (κ2) is 7.66. The number of methoxy groups -OCH3 is 1. The van der Waals surface area contributed by atoms with E-state index in [2.05, 4.69) is 0 Å². The van der Waals surface area contributed by atoms with Crippen LogP contribution in [0.1, 0.15) is 32.3 Å². The zero-order valence-electron chi connectivity index (χ0n) is 12.9. The molecule has 1 fully saturated rings. The zero-order valence-corrected chi connectivity index (χ0v) is 13.7. The lowest BCUT2D eigenvalue weighted by atomic mass is 10.0. The number of carbonyl (C=O) groups is 1. The van der Waals surface area contributed by atoms with Gasteiger partial charge in [0.1, 0.15) is 5.75 Å². The normalized spacial score (nSPS) is 16.6. The van der Waals surface area contributed by atoms with Crippen molar-refractivity contribution in [1.29, 1.82) is 0 Å². The standard InChI is InChI=1S/C16H24N2O2.ClH/c1-11(12(2)17)16(19)18(14-6-7-14)10-13-4-8-15(20-3)9-5-13;/h4-5,8-9,11-12,14H,6-7,10,17H2,1-3H3;1H. The summed E-state index contributed by atoms with van der Waals surface area (Å²) < 4.78 is 5.15. The van der Waals surface area contributed by atoms with Gasteiger partial charge in [0.05, 0.1) is 13.0 Å². The summed E-state index contributed by atoms with van der Waals surface area (Å²) >= 11 is 0. The fourth-order valence-corrected chi connectivity index (χ4v) is 2.19. The van der Waals surface area contributed by atoms with Gasteiger partial charge in [-0.3, -0.25) is 4.79 Å². The van der Waals surface area contributed by atoms with Crippen molar-refractivity contribution < 1.29 is 9.53 Å². The molecule has 1 amide bonds. The summed E-state index contributed by atoms with van der Waals surface area (Å²) in [6.45, 7) is 4.46. The van der Waals surface area contributed by atoms with Gasteiger partial charge in [-0.25, -0.2) is 0 Å². The molecule has 0 saturated heterocycles. The summed E-state index contributed by atoms with van der Waals surface area (Å²) in [5.74, 6) is 0.870. The lowest BCUT2D eigenvalue weighted by molar-refractivity contribution is -0.136. The summed E-state index contributed by atoms with van der Waals surface area (Å²) in [6, 6.07) is 8.17. The zero-order chi connectivity index (χ0) is 14.7. The van der Waals surface area contributed by atoms with Crippen LogP contribution in [0, 0.1) is 5.92 Å². The van der Waals surface area contributed by atoms with Gasteiger partial charge >= 0.3 is 0 Å². The Morgan fingerprint density at radius 1 is 1.33 bits per heavy atom. The van der Waals surface area contributed by atoms with E-state index in [4.69, 9.17) is 10.5 Å². The number of amides is 1. The summed E-state index contributed by atoms with van der Waals surface area (Å²) in [6.07, 6.45) is 2.21. The van der Waals surface area contributed by atoms with Gasteiger partial charge in [-0.15, -0.1) is 12.4 Å². The Balaban J connectivity index is 0.00000220. The number of nitrogens with zero attached hydrogens (tertiary/aromatic N) is 1. The van der Waals surface area contributed by atoms with E-state index < -0.39 is 0 Å². The van der Waals surface area contributed by atoms with Gasteiger partial charge in [-0.1, -0.05) is 19.1 Å². The van der Waals surface area contributed by atoms with E-state index in [-0.39, 0.29) is 30.3 Å². The third-order valence-corrected chi connectivity index (χ3v) is 3.96. The number of nitrogens with two attached hydrogens (primary N) is 1. The minimum atomic E-state index is -0.131. The quantitative estimate of drug-likeness (QED) is 0.878. The molecule has 0 spiro atoms. The number of hydrogen-bond donors (Lipinski definition) is 1. The van der Waals surface area contributed by atoms with Crippen molar-refractivity contribution >= 4 is 18.3 Å². The molecule has 0 radical (unpaired) electrons. The first kappa shape index (κ1) is 17.8. The molecule has 2 N–H and O–H groups in total. The predicted octanol–water partition coefficient (Wildman–Crippen LogP) is 2.59. The second-order valence-corrected chi connectivity index (χ2v) is 5.69. The first-order valence-corrected chi connectivity index (χ1v) is 7.22. The van der Waals surface area contributed by atoms with Gasteiger partial charge in [-0.05, 0) is 37.5 Å². The van der Waals surface area contributed by atoms with E-state index >= 15 is 0 Å². The fraction of sp³-hybridized carbons (Fsp3) is 0.562. The Morgan fingerprint density at radius 3 is 2.33 bits per heavy atom. The minimum absolute atomic E-state index is 0. The van der Waals surface area contributed by atoms with Crippen LogP contribution in [0.4, 0.5) is 0 Å². The Hall–Kier alpha value is -1.26. The van der Waals surface area contributed by atoms with Crippen molar-refractivity contribution in [2.24, 2.45) is 11.7 Å². The van der Waals surface area contributed by atoms with Crippen LogP contribution in [0.2, 0.25) is 0 Å². The van der Waals surface area contributed by atoms with Crippen molar-refractivity contribution in [1.82, 2.24) is 4.90 Å². The number of carbonyl (C=O) groups excluding carboxylic acids is 1. The molecule has 0 heterocycles. The second-order valence-electron chi connectivity index (χ2n) is 5.69. The molecule has 0 bridgehead atoms. The van der Waals surface area contributed by atoms with Gasteiger partial charge in [0.15, 0.2) is 0 Å². The van der Waals surface area contributed by atoms with E-state index in [1.165, 1.54) is 0 Å². The maximum Gasteiger partial charge on any atom is 0.227 e. The molecule has 0 aromatic heterocycles. The van der Waals surface area contributed by atoms with Crippen LogP contribution < -0.4 is 10.5 Å². The molecule has 2 rings (SSSR count). The average Bonchev–Trinajstić information content (AvgIpc) is 3.28. The minimum Gasteiger partial charge on any atom is -0.497 e. The van der Waals surface area contributed by atoms with Crippen molar-refractivity contribution in [2.45, 2.75) is 45.3 Å². The number of rotatable bonds is 6. The summed E-state index contributed by atoms with van der Waals surface area (Å²) in [5.41, 5.74) is 6.99. The molecule has 5 heteroatoms. The molecular weight excluding hydrogens is 288 g/mol. The lowest BCUT2D eigenvalue weighted by Crippen LogP contribution is -2.42.